The Bertz CT molecular complexity index is 731. The smallest absolute Gasteiger partial charge is 0.338 e. The predicted molar refractivity (Wildman–Crippen MR) is 110 cm³/mol. The van der Waals surface area contributed by atoms with Crippen LogP contribution in [0.1, 0.15) is 45.2 Å². The number of nitrogens with one attached hydrogen (secondary N) is 1. The number of carbonyl (C=O) groups is 1. The van der Waals surface area contributed by atoms with Crippen molar-refractivity contribution < 1.29 is 19.0 Å². The molecule has 1 unspecified atom stereocenters. The van der Waals surface area contributed by atoms with Gasteiger partial charge >= 0.3 is 5.97 Å². The van der Waals surface area contributed by atoms with Crippen molar-refractivity contribution in [3.05, 3.63) is 35.0 Å². The van der Waals surface area contributed by atoms with E-state index in [1.54, 1.807) is 32.9 Å². The van der Waals surface area contributed by atoms with Crippen LogP contribution in [0.5, 0.6) is 11.5 Å². The summed E-state index contributed by atoms with van der Waals surface area (Å²) in [4.78, 5) is 17.4. The number of esters is 1. The summed E-state index contributed by atoms with van der Waals surface area (Å²) in [5.74, 6) is 1.85. The number of benzene rings is 1. The van der Waals surface area contributed by atoms with Crippen LogP contribution in [0.15, 0.2) is 34.5 Å². The second kappa shape index (κ2) is 10.3. The molecule has 1 aliphatic rings. The minimum absolute atomic E-state index is 0.316. The van der Waals surface area contributed by atoms with E-state index in [4.69, 9.17) is 19.2 Å². The lowest BCUT2D eigenvalue weighted by atomic mass is 9.96. The van der Waals surface area contributed by atoms with Gasteiger partial charge in [-0.3, -0.25) is 0 Å². The highest BCUT2D eigenvalue weighted by atomic mass is 32.2. The summed E-state index contributed by atoms with van der Waals surface area (Å²) in [6.45, 7) is 6.16. The molecule has 2 rings (SSSR count). The molecule has 1 aromatic carbocycles. The van der Waals surface area contributed by atoms with Gasteiger partial charge in [0.25, 0.3) is 0 Å². The number of hydrogen-bond acceptors (Lipinski definition) is 7. The van der Waals surface area contributed by atoms with Gasteiger partial charge in [0, 0.05) is 11.4 Å². The van der Waals surface area contributed by atoms with Gasteiger partial charge in [-0.1, -0.05) is 31.2 Å². The van der Waals surface area contributed by atoms with Gasteiger partial charge in [-0.15, -0.1) is 0 Å². The molecular weight excluding hydrogens is 364 g/mol. The molecule has 0 spiro atoms. The van der Waals surface area contributed by atoms with Crippen molar-refractivity contribution in [2.75, 3.05) is 26.6 Å². The highest BCUT2D eigenvalue weighted by Gasteiger charge is 2.31. The van der Waals surface area contributed by atoms with Gasteiger partial charge in [-0.25, -0.2) is 9.79 Å². The van der Waals surface area contributed by atoms with E-state index in [2.05, 4.69) is 12.2 Å². The van der Waals surface area contributed by atoms with Crippen LogP contribution in [-0.4, -0.2) is 37.7 Å². The van der Waals surface area contributed by atoms with Crippen molar-refractivity contribution >= 4 is 22.9 Å². The highest BCUT2D eigenvalue weighted by molar-refractivity contribution is 8.13. The van der Waals surface area contributed by atoms with E-state index in [9.17, 15) is 4.79 Å². The Morgan fingerprint density at radius 1 is 1.22 bits per heavy atom. The zero-order valence-corrected chi connectivity index (χ0v) is 17.4. The van der Waals surface area contributed by atoms with Gasteiger partial charge in [0.2, 0.25) is 0 Å². The van der Waals surface area contributed by atoms with Crippen LogP contribution in [0, 0.1) is 0 Å². The standard InChI is InChI=1S/C20H28N2O4S/c1-6-8-11-27-20-21-13(3)17(19(23)26-7-2)18(22-20)14-9-10-15(24-4)16(12-14)25-5/h9-10,12,18H,6-8,11H2,1-5H3,(H,21,22). The van der Waals surface area contributed by atoms with Crippen LogP contribution in [0.3, 0.4) is 0 Å². The first-order valence-electron chi connectivity index (χ1n) is 9.13. The number of unbranched alkanes of at least 4 members (excludes halogenated alkanes) is 1. The fourth-order valence-electron chi connectivity index (χ4n) is 2.77. The number of nitrogens with zero attached hydrogens (tertiary/aromatic N) is 1. The average molecular weight is 393 g/mol. The fraction of sp³-hybridized carbons (Fsp3) is 0.500. The van der Waals surface area contributed by atoms with E-state index in [0.29, 0.717) is 23.7 Å². The minimum atomic E-state index is -0.450. The number of hydrogen-bond donors (Lipinski definition) is 1. The highest BCUT2D eigenvalue weighted by Crippen LogP contribution is 2.37. The normalized spacial score (nSPS) is 16.5. The first-order valence-corrected chi connectivity index (χ1v) is 10.1. The van der Waals surface area contributed by atoms with Crippen molar-refractivity contribution in [1.29, 1.82) is 0 Å². The zero-order valence-electron chi connectivity index (χ0n) is 16.6. The van der Waals surface area contributed by atoms with Crippen LogP contribution in [0.2, 0.25) is 0 Å². The Morgan fingerprint density at radius 2 is 1.96 bits per heavy atom. The Labute approximate surface area is 165 Å². The number of rotatable bonds is 8. The molecule has 0 aromatic heterocycles. The van der Waals surface area contributed by atoms with Crippen LogP contribution in [0.4, 0.5) is 0 Å². The van der Waals surface area contributed by atoms with E-state index in [1.807, 2.05) is 25.1 Å². The molecule has 0 saturated heterocycles. The van der Waals surface area contributed by atoms with E-state index in [1.165, 1.54) is 0 Å². The van der Waals surface area contributed by atoms with Crippen LogP contribution in [0.25, 0.3) is 0 Å². The van der Waals surface area contributed by atoms with E-state index < -0.39 is 6.04 Å². The van der Waals surface area contributed by atoms with E-state index in [-0.39, 0.29) is 5.97 Å². The molecule has 7 heteroatoms. The van der Waals surface area contributed by atoms with Gasteiger partial charge < -0.3 is 19.5 Å². The number of amidine groups is 1. The predicted octanol–water partition coefficient (Wildman–Crippen LogP) is 4.07. The Kier molecular flexibility index (Phi) is 8.03. The lowest BCUT2D eigenvalue weighted by molar-refractivity contribution is -0.138. The number of aliphatic imine (C=N–C) groups is 1. The second-order valence-corrected chi connectivity index (χ2v) is 7.12. The summed E-state index contributed by atoms with van der Waals surface area (Å²) in [5.41, 5.74) is 2.14. The average Bonchev–Trinajstić information content (AvgIpc) is 2.67. The monoisotopic (exact) mass is 392 g/mol. The molecule has 1 atom stereocenters. The van der Waals surface area contributed by atoms with Crippen molar-refractivity contribution in [1.82, 2.24) is 5.32 Å². The fourth-order valence-corrected chi connectivity index (χ4v) is 3.80. The molecule has 0 fully saturated rings. The topological polar surface area (TPSA) is 69.2 Å². The molecule has 0 radical (unpaired) electrons. The molecule has 1 aromatic rings. The Hall–Kier alpha value is -2.15. The van der Waals surface area contributed by atoms with Crippen LogP contribution in [-0.2, 0) is 9.53 Å². The molecule has 148 valence electrons. The maximum atomic E-state index is 12.6. The summed E-state index contributed by atoms with van der Waals surface area (Å²) in [6, 6.07) is 5.14. The third kappa shape index (κ3) is 5.19. The van der Waals surface area contributed by atoms with Crippen molar-refractivity contribution in [3.8, 4) is 11.5 Å². The molecule has 0 saturated carbocycles. The summed E-state index contributed by atoms with van der Waals surface area (Å²) in [7, 11) is 3.18. The zero-order chi connectivity index (χ0) is 19.8. The Morgan fingerprint density at radius 3 is 2.59 bits per heavy atom. The molecule has 0 aliphatic carbocycles. The molecule has 1 N–H and O–H groups in total. The molecule has 6 nitrogen and oxygen atoms in total. The van der Waals surface area contributed by atoms with Gasteiger partial charge in [0.15, 0.2) is 16.7 Å². The number of carbonyl (C=O) groups excluding carboxylic acids is 1. The number of methoxy groups -OCH3 is 2. The molecule has 27 heavy (non-hydrogen) atoms. The number of ether oxygens (including phenoxy) is 3. The summed E-state index contributed by atoms with van der Waals surface area (Å²) < 4.78 is 16.0. The molecular formula is C20H28N2O4S. The maximum Gasteiger partial charge on any atom is 0.338 e. The SMILES string of the molecule is CCCCSC1=NC(c2ccc(OC)c(OC)c2)C(C(=O)OCC)=C(C)N1. The largest absolute Gasteiger partial charge is 0.493 e. The van der Waals surface area contributed by atoms with Crippen molar-refractivity contribution in [2.24, 2.45) is 4.99 Å². The third-order valence-corrected chi connectivity index (χ3v) is 5.15. The van der Waals surface area contributed by atoms with Gasteiger partial charge in [0.1, 0.15) is 6.04 Å². The minimum Gasteiger partial charge on any atom is -0.493 e. The third-order valence-electron chi connectivity index (χ3n) is 4.17. The summed E-state index contributed by atoms with van der Waals surface area (Å²) >= 11 is 1.67. The van der Waals surface area contributed by atoms with Crippen LogP contribution < -0.4 is 14.8 Å². The van der Waals surface area contributed by atoms with Crippen molar-refractivity contribution in [2.45, 2.75) is 39.7 Å². The van der Waals surface area contributed by atoms with Gasteiger partial charge in [0.05, 0.1) is 26.4 Å². The quantitative estimate of drug-likeness (QED) is 0.531. The van der Waals surface area contributed by atoms with Crippen LogP contribution >= 0.6 is 11.8 Å². The van der Waals surface area contributed by atoms with Gasteiger partial charge in [-0.05, 0) is 38.0 Å². The second-order valence-electron chi connectivity index (χ2n) is 6.04. The summed E-state index contributed by atoms with van der Waals surface area (Å²) in [5, 5.41) is 4.07. The Balaban J connectivity index is 2.43. The lowest BCUT2D eigenvalue weighted by Gasteiger charge is -2.26. The van der Waals surface area contributed by atoms with E-state index >= 15 is 0 Å². The number of allylic oxidation sites excluding steroid dienone is 1. The molecule has 0 bridgehead atoms. The first-order chi connectivity index (χ1) is 13.0. The van der Waals surface area contributed by atoms with E-state index in [0.717, 1.165) is 35.0 Å². The number of thioether (sulfide) groups is 1. The first kappa shape index (κ1) is 21.2. The van der Waals surface area contributed by atoms with Crippen molar-refractivity contribution in [3.63, 3.8) is 0 Å². The lowest BCUT2D eigenvalue weighted by Crippen LogP contribution is -2.30. The molecule has 0 amide bonds. The summed E-state index contributed by atoms with van der Waals surface area (Å²) in [6.07, 6.45) is 2.24. The molecule has 1 heterocycles. The molecule has 1 aliphatic heterocycles. The van der Waals surface area contributed by atoms with Gasteiger partial charge in [-0.2, -0.15) is 0 Å². The maximum absolute atomic E-state index is 12.6.